The van der Waals surface area contributed by atoms with Gasteiger partial charge in [-0.25, -0.2) is 0 Å². The van der Waals surface area contributed by atoms with E-state index in [2.05, 4.69) is 21.7 Å². The van der Waals surface area contributed by atoms with E-state index >= 15 is 0 Å². The highest BCUT2D eigenvalue weighted by atomic mass is 32.1. The van der Waals surface area contributed by atoms with Crippen molar-refractivity contribution in [2.24, 2.45) is 5.92 Å². The van der Waals surface area contributed by atoms with Gasteiger partial charge in [-0.3, -0.25) is 9.59 Å². The highest BCUT2D eigenvalue weighted by molar-refractivity contribution is 7.07. The predicted molar refractivity (Wildman–Crippen MR) is 96.0 cm³/mol. The Hall–Kier alpha value is -2.12. The molecule has 0 aliphatic carbocycles. The quantitative estimate of drug-likeness (QED) is 0.820. The molecule has 1 fully saturated rings. The number of amides is 2. The summed E-state index contributed by atoms with van der Waals surface area (Å²) < 4.78 is 5.29. The smallest absolute Gasteiger partial charge is 0.225 e. The molecule has 2 amide bonds. The average Bonchev–Trinajstić information content (AvgIpc) is 3.31. The maximum atomic E-state index is 12.5. The van der Waals surface area contributed by atoms with Crippen LogP contribution in [-0.4, -0.2) is 48.8 Å². The fraction of sp³-hybridized carbons (Fsp3) is 0.444. The molecule has 0 bridgehead atoms. The van der Waals surface area contributed by atoms with Gasteiger partial charge < -0.3 is 19.5 Å². The molecule has 25 heavy (non-hydrogen) atoms. The topological polar surface area (TPSA) is 65.8 Å². The second-order valence-corrected chi connectivity index (χ2v) is 7.32. The van der Waals surface area contributed by atoms with Crippen molar-refractivity contribution in [3.8, 4) is 0 Å². The molecule has 134 valence electrons. The van der Waals surface area contributed by atoms with Crippen LogP contribution in [0.15, 0.2) is 39.6 Å². The number of carbonyl (C=O) groups excluding carboxylic acids is 2. The molecule has 1 aliphatic rings. The van der Waals surface area contributed by atoms with E-state index in [0.717, 1.165) is 5.76 Å². The Morgan fingerprint density at radius 3 is 2.96 bits per heavy atom. The molecule has 1 N–H and O–H groups in total. The van der Waals surface area contributed by atoms with Crippen LogP contribution in [0, 0.1) is 5.92 Å². The van der Waals surface area contributed by atoms with Gasteiger partial charge in [-0.05, 0) is 48.6 Å². The second-order valence-electron chi connectivity index (χ2n) is 6.54. The van der Waals surface area contributed by atoms with Crippen LogP contribution in [0.2, 0.25) is 0 Å². The summed E-state index contributed by atoms with van der Waals surface area (Å²) in [6, 6.07) is 5.84. The minimum absolute atomic E-state index is 0.00135. The largest absolute Gasteiger partial charge is 0.467 e. The lowest BCUT2D eigenvalue weighted by Crippen LogP contribution is -2.38. The minimum atomic E-state index is -0.298. The van der Waals surface area contributed by atoms with Gasteiger partial charge in [0.05, 0.1) is 24.8 Å². The lowest BCUT2D eigenvalue weighted by molar-refractivity contribution is -0.129. The highest BCUT2D eigenvalue weighted by Crippen LogP contribution is 2.22. The Morgan fingerprint density at radius 1 is 1.48 bits per heavy atom. The van der Waals surface area contributed by atoms with Gasteiger partial charge in [0.1, 0.15) is 5.76 Å². The van der Waals surface area contributed by atoms with Gasteiger partial charge in [0.2, 0.25) is 11.8 Å². The summed E-state index contributed by atoms with van der Waals surface area (Å²) in [5, 5.41) is 7.15. The van der Waals surface area contributed by atoms with E-state index in [9.17, 15) is 9.59 Å². The first kappa shape index (κ1) is 17.7. The fourth-order valence-electron chi connectivity index (χ4n) is 3.10. The summed E-state index contributed by atoms with van der Waals surface area (Å²) in [4.78, 5) is 28.4. The normalized spacial score (nSPS) is 18.8. The van der Waals surface area contributed by atoms with Crippen LogP contribution in [-0.2, 0) is 16.1 Å². The number of nitrogens with one attached hydrogen (secondary N) is 1. The van der Waals surface area contributed by atoms with Gasteiger partial charge in [0.15, 0.2) is 0 Å². The van der Waals surface area contributed by atoms with Crippen LogP contribution in [0.5, 0.6) is 0 Å². The molecule has 1 aliphatic heterocycles. The van der Waals surface area contributed by atoms with Crippen molar-refractivity contribution in [2.75, 3.05) is 27.2 Å². The van der Waals surface area contributed by atoms with E-state index < -0.39 is 0 Å². The van der Waals surface area contributed by atoms with E-state index in [4.69, 9.17) is 4.42 Å². The van der Waals surface area contributed by atoms with Crippen molar-refractivity contribution in [2.45, 2.75) is 19.0 Å². The number of rotatable bonds is 7. The number of likely N-dealkylation sites (tertiary alicyclic amines) is 1. The van der Waals surface area contributed by atoms with Crippen molar-refractivity contribution in [1.29, 1.82) is 0 Å². The summed E-state index contributed by atoms with van der Waals surface area (Å²) >= 11 is 1.65. The van der Waals surface area contributed by atoms with Crippen LogP contribution in [0.3, 0.4) is 0 Å². The molecular formula is C18H23N3O3S. The molecule has 3 heterocycles. The summed E-state index contributed by atoms with van der Waals surface area (Å²) in [7, 11) is 4.00. The van der Waals surface area contributed by atoms with Gasteiger partial charge in [0, 0.05) is 19.5 Å². The van der Waals surface area contributed by atoms with Gasteiger partial charge >= 0.3 is 0 Å². The zero-order chi connectivity index (χ0) is 17.8. The first-order chi connectivity index (χ1) is 12.0. The summed E-state index contributed by atoms with van der Waals surface area (Å²) in [5.41, 5.74) is 1.19. The molecule has 2 atom stereocenters. The standard InChI is InChI=1S/C18H23N3O3S/c1-20(2)16(13-5-7-25-12-13)9-19-18(23)14-8-17(22)21(10-14)11-15-4-3-6-24-15/h3-7,12,14,16H,8-11H2,1-2H3,(H,19,23)/t14-,16+/m1/s1. The molecule has 6 nitrogen and oxygen atoms in total. The van der Waals surface area contributed by atoms with Crippen molar-refractivity contribution < 1.29 is 14.0 Å². The van der Waals surface area contributed by atoms with Gasteiger partial charge in [-0.2, -0.15) is 11.3 Å². The number of furan rings is 1. The monoisotopic (exact) mass is 361 g/mol. The SMILES string of the molecule is CN(C)[C@@H](CNC(=O)[C@@H]1CC(=O)N(Cc2ccco2)C1)c1ccsc1. The molecule has 0 saturated carbocycles. The average molecular weight is 361 g/mol. The van der Waals surface area contributed by atoms with E-state index in [1.807, 2.05) is 25.5 Å². The molecular weight excluding hydrogens is 338 g/mol. The van der Waals surface area contributed by atoms with E-state index in [-0.39, 0.29) is 30.2 Å². The first-order valence-electron chi connectivity index (χ1n) is 8.31. The molecule has 1 saturated heterocycles. The number of likely N-dealkylation sites (N-methyl/N-ethyl adjacent to an activating group) is 1. The van der Waals surface area contributed by atoms with Crippen LogP contribution in [0.4, 0.5) is 0 Å². The number of carbonyl (C=O) groups is 2. The van der Waals surface area contributed by atoms with E-state index in [1.165, 1.54) is 5.56 Å². The van der Waals surface area contributed by atoms with Crippen molar-refractivity contribution >= 4 is 23.2 Å². The van der Waals surface area contributed by atoms with E-state index in [1.54, 1.807) is 28.6 Å². The number of nitrogens with zero attached hydrogens (tertiary/aromatic N) is 2. The molecule has 0 aromatic carbocycles. The fourth-order valence-corrected chi connectivity index (χ4v) is 3.80. The number of hydrogen-bond donors (Lipinski definition) is 1. The summed E-state index contributed by atoms with van der Waals surface area (Å²) in [6.07, 6.45) is 1.85. The van der Waals surface area contributed by atoms with Crippen molar-refractivity contribution in [3.63, 3.8) is 0 Å². The maximum absolute atomic E-state index is 12.5. The third-order valence-electron chi connectivity index (χ3n) is 4.53. The molecule has 0 spiro atoms. The first-order valence-corrected chi connectivity index (χ1v) is 9.25. The molecule has 0 unspecified atom stereocenters. The van der Waals surface area contributed by atoms with Crippen LogP contribution in [0.1, 0.15) is 23.8 Å². The Morgan fingerprint density at radius 2 is 2.32 bits per heavy atom. The lowest BCUT2D eigenvalue weighted by atomic mass is 10.1. The van der Waals surface area contributed by atoms with E-state index in [0.29, 0.717) is 19.6 Å². The van der Waals surface area contributed by atoms with Crippen LogP contribution < -0.4 is 5.32 Å². The van der Waals surface area contributed by atoms with Gasteiger partial charge in [0.25, 0.3) is 0 Å². The summed E-state index contributed by atoms with van der Waals surface area (Å²) in [6.45, 7) is 1.40. The van der Waals surface area contributed by atoms with Gasteiger partial charge in [-0.15, -0.1) is 0 Å². The lowest BCUT2D eigenvalue weighted by Gasteiger charge is -2.24. The third-order valence-corrected chi connectivity index (χ3v) is 5.23. The maximum Gasteiger partial charge on any atom is 0.225 e. The Bertz CT molecular complexity index is 697. The highest BCUT2D eigenvalue weighted by Gasteiger charge is 2.34. The van der Waals surface area contributed by atoms with Crippen molar-refractivity contribution in [3.05, 3.63) is 46.5 Å². The molecule has 2 aromatic heterocycles. The second kappa shape index (κ2) is 7.84. The Kier molecular flexibility index (Phi) is 5.55. The van der Waals surface area contributed by atoms with Crippen LogP contribution >= 0.6 is 11.3 Å². The van der Waals surface area contributed by atoms with Gasteiger partial charge in [-0.1, -0.05) is 0 Å². The molecule has 7 heteroatoms. The summed E-state index contributed by atoms with van der Waals surface area (Å²) in [5.74, 6) is 0.378. The minimum Gasteiger partial charge on any atom is -0.467 e. The third kappa shape index (κ3) is 4.29. The number of thiophene rings is 1. The molecule has 2 aromatic rings. The Labute approximate surface area is 151 Å². The predicted octanol–water partition coefficient (Wildman–Crippen LogP) is 2.11. The zero-order valence-corrected chi connectivity index (χ0v) is 15.3. The Balaban J connectivity index is 1.54. The van der Waals surface area contributed by atoms with Crippen LogP contribution in [0.25, 0.3) is 0 Å². The molecule has 0 radical (unpaired) electrons. The van der Waals surface area contributed by atoms with Crippen molar-refractivity contribution in [1.82, 2.24) is 15.1 Å². The zero-order valence-electron chi connectivity index (χ0n) is 14.5. The molecule has 3 rings (SSSR count). The number of hydrogen-bond acceptors (Lipinski definition) is 5.